The van der Waals surface area contributed by atoms with Gasteiger partial charge in [-0.1, -0.05) is 30.3 Å². The summed E-state index contributed by atoms with van der Waals surface area (Å²) in [5, 5.41) is 13.1. The Morgan fingerprint density at radius 2 is 2.19 bits per heavy atom. The lowest BCUT2D eigenvalue weighted by atomic mass is 9.94. The average Bonchev–Trinajstić information content (AvgIpc) is 2.70. The normalized spacial score (nSPS) is 23.5. The topological polar surface area (TPSA) is 87.6 Å². The van der Waals surface area contributed by atoms with E-state index in [1.54, 1.807) is 6.07 Å². The number of ether oxygens (including phenoxy) is 1. The Balaban J connectivity index is 1.76. The van der Waals surface area contributed by atoms with Gasteiger partial charge in [0, 0.05) is 25.3 Å². The Bertz CT molecular complexity index is 713. The summed E-state index contributed by atoms with van der Waals surface area (Å²) in [4.78, 5) is 22.3. The van der Waals surface area contributed by atoms with E-state index in [0.717, 1.165) is 5.56 Å². The van der Waals surface area contributed by atoms with Gasteiger partial charge in [-0.25, -0.2) is 9.97 Å². The molecule has 1 amide bonds. The molecule has 0 unspecified atom stereocenters. The molecule has 1 aromatic carbocycles. The van der Waals surface area contributed by atoms with E-state index in [4.69, 9.17) is 4.74 Å². The number of nitrogens with one attached hydrogen (secondary N) is 1. The number of morpholine rings is 1. The van der Waals surface area contributed by atoms with Crippen LogP contribution in [0.1, 0.15) is 23.0 Å². The first-order chi connectivity index (χ1) is 12.6. The molecule has 2 heterocycles. The van der Waals surface area contributed by atoms with Crippen molar-refractivity contribution in [1.29, 1.82) is 0 Å². The Morgan fingerprint density at radius 1 is 1.38 bits per heavy atom. The van der Waals surface area contributed by atoms with Gasteiger partial charge in [0.2, 0.25) is 0 Å². The minimum absolute atomic E-state index is 0.117. The van der Waals surface area contributed by atoms with E-state index in [1.165, 1.54) is 12.5 Å². The number of aliphatic hydroxyl groups is 1. The lowest BCUT2D eigenvalue weighted by molar-refractivity contribution is -0.121. The van der Waals surface area contributed by atoms with Crippen LogP contribution in [-0.2, 0) is 11.3 Å². The summed E-state index contributed by atoms with van der Waals surface area (Å²) in [6.07, 6.45) is 2.86. The molecule has 1 aromatic heterocycles. The molecule has 0 saturated carbocycles. The summed E-state index contributed by atoms with van der Waals surface area (Å²) >= 11 is 0. The zero-order valence-electron chi connectivity index (χ0n) is 14.8. The number of amides is 1. The molecule has 1 aliphatic rings. The predicted octanol–water partition coefficient (Wildman–Crippen LogP) is 0.858. The number of benzene rings is 1. The maximum atomic E-state index is 12.3. The molecule has 2 aromatic rings. The highest BCUT2D eigenvalue weighted by Crippen LogP contribution is 2.26. The van der Waals surface area contributed by atoms with Crippen LogP contribution in [0.2, 0.25) is 0 Å². The van der Waals surface area contributed by atoms with E-state index < -0.39 is 5.54 Å². The molecule has 2 N–H and O–H groups in total. The molecule has 2 atom stereocenters. The largest absolute Gasteiger partial charge is 0.394 e. The van der Waals surface area contributed by atoms with E-state index in [-0.39, 0.29) is 25.1 Å². The average molecular weight is 356 g/mol. The minimum atomic E-state index is -0.684. The molecular weight excluding hydrogens is 332 g/mol. The fraction of sp³-hybridized carbons (Fsp3) is 0.421. The predicted molar refractivity (Wildman–Crippen MR) is 96.4 cm³/mol. The van der Waals surface area contributed by atoms with Gasteiger partial charge in [-0.05, 0) is 18.6 Å². The summed E-state index contributed by atoms with van der Waals surface area (Å²) in [5.41, 5.74) is 0.768. The molecule has 0 bridgehead atoms. The van der Waals surface area contributed by atoms with Crippen LogP contribution in [0.15, 0.2) is 48.9 Å². The summed E-state index contributed by atoms with van der Waals surface area (Å²) in [7, 11) is 0. The van der Waals surface area contributed by atoms with E-state index in [0.29, 0.717) is 25.5 Å². The SMILES string of the molecule is C[C@@H]1COC[C@@](CO)(CNC(=O)c2ccncn2)N1Cc1ccccc1. The van der Waals surface area contributed by atoms with Crippen molar-refractivity contribution in [3.8, 4) is 0 Å². The summed E-state index contributed by atoms with van der Waals surface area (Å²) in [6, 6.07) is 11.8. The van der Waals surface area contributed by atoms with E-state index >= 15 is 0 Å². The van der Waals surface area contributed by atoms with Gasteiger partial charge >= 0.3 is 0 Å². The fourth-order valence-corrected chi connectivity index (χ4v) is 3.27. The first-order valence-electron chi connectivity index (χ1n) is 8.68. The first kappa shape index (κ1) is 18.4. The third-order valence-corrected chi connectivity index (χ3v) is 4.75. The number of hydrogen-bond acceptors (Lipinski definition) is 6. The van der Waals surface area contributed by atoms with Crippen molar-refractivity contribution in [1.82, 2.24) is 20.2 Å². The third kappa shape index (κ3) is 4.07. The second-order valence-corrected chi connectivity index (χ2v) is 6.64. The molecule has 3 rings (SSSR count). The maximum Gasteiger partial charge on any atom is 0.270 e. The summed E-state index contributed by atoms with van der Waals surface area (Å²) in [6.45, 7) is 3.84. The van der Waals surface area contributed by atoms with Crippen LogP contribution in [0.3, 0.4) is 0 Å². The van der Waals surface area contributed by atoms with Crippen molar-refractivity contribution in [2.24, 2.45) is 0 Å². The molecule has 1 saturated heterocycles. The van der Waals surface area contributed by atoms with Gasteiger partial charge in [-0.2, -0.15) is 0 Å². The van der Waals surface area contributed by atoms with Crippen molar-refractivity contribution in [3.05, 3.63) is 60.2 Å². The molecule has 7 heteroatoms. The van der Waals surface area contributed by atoms with Crippen molar-refractivity contribution in [2.45, 2.75) is 25.0 Å². The number of carbonyl (C=O) groups is 1. The molecule has 1 aliphatic heterocycles. The van der Waals surface area contributed by atoms with Gasteiger partial charge in [0.15, 0.2) is 0 Å². The second kappa shape index (κ2) is 8.35. The van der Waals surface area contributed by atoms with Gasteiger partial charge in [-0.3, -0.25) is 9.69 Å². The van der Waals surface area contributed by atoms with Crippen molar-refractivity contribution < 1.29 is 14.6 Å². The molecule has 0 radical (unpaired) electrons. The van der Waals surface area contributed by atoms with Crippen LogP contribution in [0.5, 0.6) is 0 Å². The molecule has 0 aliphatic carbocycles. The molecular formula is C19H24N4O3. The highest BCUT2D eigenvalue weighted by molar-refractivity contribution is 5.92. The number of aromatic nitrogens is 2. The smallest absolute Gasteiger partial charge is 0.270 e. The lowest BCUT2D eigenvalue weighted by Gasteiger charge is -2.49. The van der Waals surface area contributed by atoms with Gasteiger partial charge in [0.05, 0.1) is 25.4 Å². The van der Waals surface area contributed by atoms with Crippen molar-refractivity contribution in [3.63, 3.8) is 0 Å². The van der Waals surface area contributed by atoms with Crippen LogP contribution < -0.4 is 5.32 Å². The first-order valence-corrected chi connectivity index (χ1v) is 8.68. The Hall–Kier alpha value is -2.35. The van der Waals surface area contributed by atoms with Crippen LogP contribution in [0.4, 0.5) is 0 Å². The molecule has 1 fully saturated rings. The minimum Gasteiger partial charge on any atom is -0.394 e. The summed E-state index contributed by atoms with van der Waals surface area (Å²) in [5.74, 6) is -0.293. The van der Waals surface area contributed by atoms with Crippen molar-refractivity contribution >= 4 is 5.91 Å². The highest BCUT2D eigenvalue weighted by Gasteiger charge is 2.42. The van der Waals surface area contributed by atoms with Crippen LogP contribution in [0, 0.1) is 0 Å². The molecule has 0 spiro atoms. The number of aliphatic hydroxyl groups excluding tert-OH is 1. The monoisotopic (exact) mass is 356 g/mol. The number of nitrogens with zero attached hydrogens (tertiary/aromatic N) is 3. The highest BCUT2D eigenvalue weighted by atomic mass is 16.5. The van der Waals surface area contributed by atoms with Gasteiger partial charge in [-0.15, -0.1) is 0 Å². The van der Waals surface area contributed by atoms with E-state index in [1.807, 2.05) is 18.2 Å². The molecule has 138 valence electrons. The summed E-state index contributed by atoms with van der Waals surface area (Å²) < 4.78 is 5.72. The van der Waals surface area contributed by atoms with Crippen LogP contribution >= 0.6 is 0 Å². The number of rotatable bonds is 6. The van der Waals surface area contributed by atoms with Crippen molar-refractivity contribution in [2.75, 3.05) is 26.4 Å². The maximum absolute atomic E-state index is 12.3. The quantitative estimate of drug-likeness (QED) is 0.798. The lowest BCUT2D eigenvalue weighted by Crippen LogP contribution is -2.66. The van der Waals surface area contributed by atoms with E-state index in [2.05, 4.69) is 39.2 Å². The third-order valence-electron chi connectivity index (χ3n) is 4.75. The Kier molecular flexibility index (Phi) is 5.92. The Labute approximate surface area is 153 Å². The fourth-order valence-electron chi connectivity index (χ4n) is 3.27. The van der Waals surface area contributed by atoms with Gasteiger partial charge in [0.25, 0.3) is 5.91 Å². The molecule has 26 heavy (non-hydrogen) atoms. The number of hydrogen-bond donors (Lipinski definition) is 2. The Morgan fingerprint density at radius 3 is 2.88 bits per heavy atom. The molecule has 7 nitrogen and oxygen atoms in total. The second-order valence-electron chi connectivity index (χ2n) is 6.64. The zero-order chi connectivity index (χ0) is 18.4. The van der Waals surface area contributed by atoms with Gasteiger partial charge < -0.3 is 15.2 Å². The standard InChI is InChI=1S/C19H24N4O3/c1-15-10-26-13-19(12-24,23(15)9-16-5-3-2-4-6-16)11-21-18(25)17-7-8-20-14-22-17/h2-8,14-15,24H,9-13H2,1H3,(H,21,25)/t15-,19+/m1/s1. The van der Waals surface area contributed by atoms with Gasteiger partial charge in [0.1, 0.15) is 12.0 Å². The van der Waals surface area contributed by atoms with E-state index in [9.17, 15) is 9.90 Å². The van der Waals surface area contributed by atoms with Crippen LogP contribution in [-0.4, -0.2) is 63.8 Å². The van der Waals surface area contributed by atoms with Crippen LogP contribution in [0.25, 0.3) is 0 Å². The zero-order valence-corrected chi connectivity index (χ0v) is 14.8. The number of carbonyl (C=O) groups excluding carboxylic acids is 1.